The minimum atomic E-state index is -0.396. The topological polar surface area (TPSA) is 33.2 Å². The molecule has 0 N–H and O–H groups in total. The summed E-state index contributed by atoms with van der Waals surface area (Å²) in [5.74, 6) is -0.396. The van der Waals surface area contributed by atoms with Crippen molar-refractivity contribution in [2.75, 3.05) is 11.9 Å². The summed E-state index contributed by atoms with van der Waals surface area (Å²) < 4.78 is 13.7. The SMILES string of the molecule is CN(Cc1cscn1)c1c(F)cccc1C=O. The van der Waals surface area contributed by atoms with Gasteiger partial charge in [0.25, 0.3) is 0 Å². The van der Waals surface area contributed by atoms with Crippen molar-refractivity contribution in [1.29, 1.82) is 0 Å². The van der Waals surface area contributed by atoms with Crippen LogP contribution in [0.1, 0.15) is 16.1 Å². The minimum Gasteiger partial charge on any atom is -0.366 e. The molecule has 1 aromatic heterocycles. The van der Waals surface area contributed by atoms with Gasteiger partial charge in [0.05, 0.1) is 23.4 Å². The lowest BCUT2D eigenvalue weighted by atomic mass is 10.1. The molecule has 88 valence electrons. The van der Waals surface area contributed by atoms with Crippen molar-refractivity contribution < 1.29 is 9.18 Å². The molecule has 2 aromatic rings. The van der Waals surface area contributed by atoms with Crippen LogP contribution in [0, 0.1) is 5.82 Å². The summed E-state index contributed by atoms with van der Waals surface area (Å²) in [6.45, 7) is 0.477. The van der Waals surface area contributed by atoms with Crippen LogP contribution in [0.2, 0.25) is 0 Å². The normalized spacial score (nSPS) is 10.2. The molecular formula is C12H11FN2OS. The molecule has 5 heteroatoms. The van der Waals surface area contributed by atoms with Crippen LogP contribution < -0.4 is 4.90 Å². The van der Waals surface area contributed by atoms with Crippen LogP contribution in [0.5, 0.6) is 0 Å². The van der Waals surface area contributed by atoms with E-state index >= 15 is 0 Å². The molecule has 0 bridgehead atoms. The van der Waals surface area contributed by atoms with Gasteiger partial charge in [-0.3, -0.25) is 4.79 Å². The van der Waals surface area contributed by atoms with Crippen molar-refractivity contribution in [3.8, 4) is 0 Å². The number of hydrogen-bond acceptors (Lipinski definition) is 4. The van der Waals surface area contributed by atoms with E-state index in [1.165, 1.54) is 23.5 Å². The number of hydrogen-bond donors (Lipinski definition) is 0. The van der Waals surface area contributed by atoms with Crippen LogP contribution in [-0.4, -0.2) is 18.3 Å². The second-order valence-corrected chi connectivity index (χ2v) is 4.35. The maximum Gasteiger partial charge on any atom is 0.152 e. The summed E-state index contributed by atoms with van der Waals surface area (Å²) in [6, 6.07) is 4.47. The summed E-state index contributed by atoms with van der Waals surface area (Å²) in [6.07, 6.45) is 0.663. The fraction of sp³-hybridized carbons (Fsp3) is 0.167. The number of carbonyl (C=O) groups is 1. The molecule has 0 aliphatic heterocycles. The molecular weight excluding hydrogens is 239 g/mol. The number of para-hydroxylation sites is 1. The zero-order valence-corrected chi connectivity index (χ0v) is 10.1. The summed E-state index contributed by atoms with van der Waals surface area (Å²) in [5.41, 5.74) is 3.25. The highest BCUT2D eigenvalue weighted by atomic mass is 32.1. The lowest BCUT2D eigenvalue weighted by Crippen LogP contribution is -2.19. The molecule has 0 unspecified atom stereocenters. The molecule has 1 aromatic carbocycles. The summed E-state index contributed by atoms with van der Waals surface area (Å²) >= 11 is 1.49. The first-order chi connectivity index (χ1) is 8.22. The van der Waals surface area contributed by atoms with Crippen LogP contribution in [0.25, 0.3) is 0 Å². The average Bonchev–Trinajstić information content (AvgIpc) is 2.81. The van der Waals surface area contributed by atoms with Crippen LogP contribution in [-0.2, 0) is 6.54 Å². The smallest absolute Gasteiger partial charge is 0.152 e. The van der Waals surface area contributed by atoms with E-state index in [0.717, 1.165) is 5.69 Å². The average molecular weight is 250 g/mol. The number of thiazole rings is 1. The Morgan fingerprint density at radius 3 is 3.00 bits per heavy atom. The Morgan fingerprint density at radius 1 is 1.53 bits per heavy atom. The first-order valence-corrected chi connectivity index (χ1v) is 5.98. The molecule has 0 spiro atoms. The zero-order valence-electron chi connectivity index (χ0n) is 9.26. The Morgan fingerprint density at radius 2 is 2.35 bits per heavy atom. The number of nitrogens with zero attached hydrogens (tertiary/aromatic N) is 2. The summed E-state index contributed by atoms with van der Waals surface area (Å²) in [4.78, 5) is 16.7. The molecule has 0 aliphatic rings. The zero-order chi connectivity index (χ0) is 12.3. The predicted octanol–water partition coefficient (Wildman–Crippen LogP) is 2.73. The lowest BCUT2D eigenvalue weighted by molar-refractivity contribution is 0.112. The van der Waals surface area contributed by atoms with E-state index < -0.39 is 5.82 Å². The molecule has 17 heavy (non-hydrogen) atoms. The molecule has 0 saturated heterocycles. The quantitative estimate of drug-likeness (QED) is 0.782. The fourth-order valence-electron chi connectivity index (χ4n) is 1.67. The van der Waals surface area contributed by atoms with Crippen molar-refractivity contribution in [3.05, 3.63) is 46.2 Å². The third-order valence-corrected chi connectivity index (χ3v) is 3.04. The Hall–Kier alpha value is -1.75. The number of benzene rings is 1. The molecule has 0 aliphatic carbocycles. The lowest BCUT2D eigenvalue weighted by Gasteiger charge is -2.20. The van der Waals surface area contributed by atoms with Gasteiger partial charge < -0.3 is 4.90 Å². The van der Waals surface area contributed by atoms with Gasteiger partial charge in [-0.2, -0.15) is 0 Å². The van der Waals surface area contributed by atoms with Gasteiger partial charge in [-0.25, -0.2) is 9.37 Å². The van der Waals surface area contributed by atoms with E-state index in [2.05, 4.69) is 4.98 Å². The standard InChI is InChI=1S/C12H11FN2OS/c1-15(5-10-7-17-8-14-10)12-9(6-16)3-2-4-11(12)13/h2-4,6-8H,5H2,1H3. The van der Waals surface area contributed by atoms with Gasteiger partial charge in [-0.15, -0.1) is 11.3 Å². The fourth-order valence-corrected chi connectivity index (χ4v) is 2.22. The largest absolute Gasteiger partial charge is 0.366 e. The van der Waals surface area contributed by atoms with E-state index in [-0.39, 0.29) is 0 Å². The van der Waals surface area contributed by atoms with Crippen LogP contribution in [0.3, 0.4) is 0 Å². The van der Waals surface area contributed by atoms with E-state index in [0.29, 0.717) is 24.1 Å². The summed E-state index contributed by atoms with van der Waals surface area (Å²) in [5, 5.41) is 1.90. The van der Waals surface area contributed by atoms with Crippen LogP contribution >= 0.6 is 11.3 Å². The van der Waals surface area contributed by atoms with E-state index in [9.17, 15) is 9.18 Å². The van der Waals surface area contributed by atoms with Gasteiger partial charge in [0.1, 0.15) is 5.82 Å². The monoisotopic (exact) mass is 250 g/mol. The van der Waals surface area contributed by atoms with Gasteiger partial charge in [0, 0.05) is 18.0 Å². The highest BCUT2D eigenvalue weighted by Crippen LogP contribution is 2.23. The predicted molar refractivity (Wildman–Crippen MR) is 66.0 cm³/mol. The maximum atomic E-state index is 13.7. The van der Waals surface area contributed by atoms with E-state index in [1.807, 2.05) is 5.38 Å². The second kappa shape index (κ2) is 5.05. The van der Waals surface area contributed by atoms with Gasteiger partial charge >= 0.3 is 0 Å². The Kier molecular flexibility index (Phi) is 3.49. The third kappa shape index (κ3) is 2.50. The van der Waals surface area contributed by atoms with Gasteiger partial charge in [-0.1, -0.05) is 6.07 Å². The minimum absolute atomic E-state index is 0.315. The first-order valence-electron chi connectivity index (χ1n) is 5.04. The summed E-state index contributed by atoms with van der Waals surface area (Å²) in [7, 11) is 1.74. The first kappa shape index (κ1) is 11.7. The molecule has 2 rings (SSSR count). The van der Waals surface area contributed by atoms with Gasteiger partial charge in [0.15, 0.2) is 6.29 Å². The number of aromatic nitrogens is 1. The number of carbonyl (C=O) groups excluding carboxylic acids is 1. The maximum absolute atomic E-state index is 13.7. The molecule has 0 amide bonds. The Balaban J connectivity index is 2.30. The number of anilines is 1. The van der Waals surface area contributed by atoms with Crippen molar-refractivity contribution in [2.45, 2.75) is 6.54 Å². The van der Waals surface area contributed by atoms with Crippen LogP contribution in [0.15, 0.2) is 29.1 Å². The molecule has 1 heterocycles. The molecule has 0 radical (unpaired) electrons. The van der Waals surface area contributed by atoms with E-state index in [4.69, 9.17) is 0 Å². The Bertz CT molecular complexity index is 513. The number of aldehydes is 1. The molecule has 3 nitrogen and oxygen atoms in total. The van der Waals surface area contributed by atoms with Crippen LogP contribution in [0.4, 0.5) is 10.1 Å². The Labute approximate surface area is 103 Å². The van der Waals surface area contributed by atoms with Gasteiger partial charge in [-0.05, 0) is 12.1 Å². The van der Waals surface area contributed by atoms with Gasteiger partial charge in [0.2, 0.25) is 0 Å². The van der Waals surface area contributed by atoms with Crippen molar-refractivity contribution in [1.82, 2.24) is 4.98 Å². The van der Waals surface area contributed by atoms with Crippen molar-refractivity contribution in [2.24, 2.45) is 0 Å². The second-order valence-electron chi connectivity index (χ2n) is 3.63. The number of halogens is 1. The molecule has 0 atom stereocenters. The highest BCUT2D eigenvalue weighted by molar-refractivity contribution is 7.07. The highest BCUT2D eigenvalue weighted by Gasteiger charge is 2.13. The molecule has 0 fully saturated rings. The van der Waals surface area contributed by atoms with E-state index in [1.54, 1.807) is 23.5 Å². The van der Waals surface area contributed by atoms with Crippen molar-refractivity contribution >= 4 is 23.3 Å². The van der Waals surface area contributed by atoms with Crippen molar-refractivity contribution in [3.63, 3.8) is 0 Å². The third-order valence-electron chi connectivity index (χ3n) is 2.41. The molecule has 0 saturated carbocycles. The number of rotatable bonds is 4.